The van der Waals surface area contributed by atoms with Crippen molar-refractivity contribution in [2.24, 2.45) is 0 Å². The molecule has 0 aromatic rings. The molecule has 0 bridgehead atoms. The number of β-amino-alcohol motifs (C(OH)–C–C–N with tert-alkyl or cyclic N) is 1. The molecule has 0 radical (unpaired) electrons. The van der Waals surface area contributed by atoms with Crippen molar-refractivity contribution in [3.63, 3.8) is 0 Å². The Hall–Kier alpha value is -0.170. The molecule has 0 spiro atoms. The molecule has 0 aromatic heterocycles. The molecule has 90 valence electrons. The predicted molar refractivity (Wildman–Crippen MR) is 57.1 cm³/mol. The van der Waals surface area contributed by atoms with Gasteiger partial charge < -0.3 is 9.84 Å². The van der Waals surface area contributed by atoms with Gasteiger partial charge in [0.1, 0.15) is 0 Å². The smallest absolute Gasteiger partial charge is 0.216 e. The minimum absolute atomic E-state index is 0.0143. The molecule has 1 heterocycles. The first-order chi connectivity index (χ1) is 6.87. The van der Waals surface area contributed by atoms with Crippen LogP contribution in [-0.4, -0.2) is 56.0 Å². The van der Waals surface area contributed by atoms with Crippen molar-refractivity contribution >= 4 is 10.0 Å². The standard InChI is InChI=1S/C9H19NO4S/c1-9(11)4-3-5-10(8-9)15(12,13)7-6-14-2/h11H,3-8H2,1-2H3. The van der Waals surface area contributed by atoms with Gasteiger partial charge in [0.25, 0.3) is 0 Å². The Morgan fingerprint density at radius 3 is 2.73 bits per heavy atom. The molecule has 1 rings (SSSR count). The minimum Gasteiger partial charge on any atom is -0.389 e. The van der Waals surface area contributed by atoms with Gasteiger partial charge in [0.15, 0.2) is 0 Å². The molecule has 1 aliphatic rings. The third-order valence-electron chi connectivity index (χ3n) is 2.58. The summed E-state index contributed by atoms with van der Waals surface area (Å²) in [5.41, 5.74) is -0.890. The molecule has 1 aliphatic heterocycles. The van der Waals surface area contributed by atoms with Crippen molar-refractivity contribution in [3.8, 4) is 0 Å². The summed E-state index contributed by atoms with van der Waals surface area (Å²) < 4.78 is 29.6. The molecule has 1 N–H and O–H groups in total. The molecule has 1 fully saturated rings. The summed E-state index contributed by atoms with van der Waals surface area (Å²) in [7, 11) is -1.79. The second-order valence-electron chi connectivity index (χ2n) is 4.24. The molecule has 1 atom stereocenters. The molecule has 0 amide bonds. The van der Waals surface area contributed by atoms with E-state index in [4.69, 9.17) is 4.74 Å². The van der Waals surface area contributed by atoms with Crippen LogP contribution in [-0.2, 0) is 14.8 Å². The van der Waals surface area contributed by atoms with E-state index in [1.165, 1.54) is 11.4 Å². The monoisotopic (exact) mass is 237 g/mol. The maximum atomic E-state index is 11.8. The van der Waals surface area contributed by atoms with Crippen LogP contribution in [0, 0.1) is 0 Å². The van der Waals surface area contributed by atoms with Crippen LogP contribution in [0.1, 0.15) is 19.8 Å². The first kappa shape index (κ1) is 12.9. The van der Waals surface area contributed by atoms with E-state index < -0.39 is 15.6 Å². The van der Waals surface area contributed by atoms with Gasteiger partial charge in [-0.3, -0.25) is 0 Å². The Kier molecular flexibility index (Phi) is 4.11. The maximum absolute atomic E-state index is 11.8. The summed E-state index contributed by atoms with van der Waals surface area (Å²) in [6.45, 7) is 2.56. The van der Waals surface area contributed by atoms with Crippen molar-refractivity contribution in [2.75, 3.05) is 32.6 Å². The zero-order chi connectivity index (χ0) is 11.5. The molecular formula is C9H19NO4S. The molecule has 1 unspecified atom stereocenters. The van der Waals surface area contributed by atoms with Crippen molar-refractivity contribution in [1.29, 1.82) is 0 Å². The molecule has 0 saturated carbocycles. The van der Waals surface area contributed by atoms with Gasteiger partial charge in [0.05, 0.1) is 18.0 Å². The van der Waals surface area contributed by atoms with Crippen LogP contribution in [0.3, 0.4) is 0 Å². The summed E-state index contributed by atoms with van der Waals surface area (Å²) in [4.78, 5) is 0. The van der Waals surface area contributed by atoms with Gasteiger partial charge in [-0.2, -0.15) is 4.31 Å². The first-order valence-electron chi connectivity index (χ1n) is 5.06. The average Bonchev–Trinajstić information content (AvgIpc) is 2.13. The lowest BCUT2D eigenvalue weighted by atomic mass is 9.97. The van der Waals surface area contributed by atoms with Gasteiger partial charge in [-0.1, -0.05) is 0 Å². The van der Waals surface area contributed by atoms with E-state index in [0.29, 0.717) is 19.4 Å². The number of rotatable bonds is 4. The van der Waals surface area contributed by atoms with E-state index in [1.54, 1.807) is 6.92 Å². The quantitative estimate of drug-likeness (QED) is 0.736. The highest BCUT2D eigenvalue weighted by molar-refractivity contribution is 7.89. The summed E-state index contributed by atoms with van der Waals surface area (Å²) >= 11 is 0. The minimum atomic E-state index is -3.27. The third kappa shape index (κ3) is 3.71. The van der Waals surface area contributed by atoms with E-state index in [2.05, 4.69) is 0 Å². The molecule has 5 nitrogen and oxygen atoms in total. The second-order valence-corrected chi connectivity index (χ2v) is 6.33. The molecular weight excluding hydrogens is 218 g/mol. The molecule has 0 aliphatic carbocycles. The van der Waals surface area contributed by atoms with Crippen molar-refractivity contribution in [3.05, 3.63) is 0 Å². The van der Waals surface area contributed by atoms with Crippen molar-refractivity contribution < 1.29 is 18.3 Å². The number of aliphatic hydroxyl groups is 1. The van der Waals surface area contributed by atoms with Crippen LogP contribution in [0.15, 0.2) is 0 Å². The number of hydrogen-bond donors (Lipinski definition) is 1. The van der Waals surface area contributed by atoms with Gasteiger partial charge >= 0.3 is 0 Å². The fraction of sp³-hybridized carbons (Fsp3) is 1.00. The summed E-state index contributed by atoms with van der Waals surface area (Å²) in [5.74, 6) is -0.0143. The number of methoxy groups -OCH3 is 1. The number of sulfonamides is 1. The highest BCUT2D eigenvalue weighted by atomic mass is 32.2. The van der Waals surface area contributed by atoms with Crippen LogP contribution in [0.4, 0.5) is 0 Å². The van der Waals surface area contributed by atoms with E-state index in [9.17, 15) is 13.5 Å². The maximum Gasteiger partial charge on any atom is 0.216 e. The predicted octanol–water partition coefficient (Wildman–Crippen LogP) is -0.191. The van der Waals surface area contributed by atoms with Gasteiger partial charge in [-0.25, -0.2) is 8.42 Å². The van der Waals surface area contributed by atoms with E-state index in [0.717, 1.165) is 0 Å². The zero-order valence-corrected chi connectivity index (χ0v) is 10.1. The lowest BCUT2D eigenvalue weighted by Gasteiger charge is -2.35. The molecule has 0 aromatic carbocycles. The third-order valence-corrected chi connectivity index (χ3v) is 4.36. The lowest BCUT2D eigenvalue weighted by molar-refractivity contribution is 0.00926. The Morgan fingerprint density at radius 2 is 2.20 bits per heavy atom. The van der Waals surface area contributed by atoms with E-state index in [-0.39, 0.29) is 18.9 Å². The van der Waals surface area contributed by atoms with Crippen molar-refractivity contribution in [2.45, 2.75) is 25.4 Å². The Balaban J connectivity index is 2.63. The Morgan fingerprint density at radius 1 is 1.53 bits per heavy atom. The van der Waals surface area contributed by atoms with Crippen LogP contribution in [0.2, 0.25) is 0 Å². The average molecular weight is 237 g/mol. The van der Waals surface area contributed by atoms with Gasteiger partial charge in [0.2, 0.25) is 10.0 Å². The zero-order valence-electron chi connectivity index (χ0n) is 9.27. The number of nitrogens with zero attached hydrogens (tertiary/aromatic N) is 1. The van der Waals surface area contributed by atoms with Crippen LogP contribution in [0.5, 0.6) is 0 Å². The molecule has 6 heteroatoms. The number of hydrogen-bond acceptors (Lipinski definition) is 4. The van der Waals surface area contributed by atoms with Crippen LogP contribution in [0.25, 0.3) is 0 Å². The van der Waals surface area contributed by atoms with Crippen molar-refractivity contribution in [1.82, 2.24) is 4.31 Å². The molecule has 1 saturated heterocycles. The van der Waals surface area contributed by atoms with Crippen LogP contribution < -0.4 is 0 Å². The van der Waals surface area contributed by atoms with E-state index in [1.807, 2.05) is 0 Å². The SMILES string of the molecule is COCCS(=O)(=O)N1CCCC(C)(O)C1. The summed E-state index contributed by atoms with van der Waals surface area (Å²) in [6.07, 6.45) is 1.36. The van der Waals surface area contributed by atoms with Gasteiger partial charge in [-0.15, -0.1) is 0 Å². The fourth-order valence-corrected chi connectivity index (χ4v) is 3.25. The number of piperidine rings is 1. The largest absolute Gasteiger partial charge is 0.389 e. The molecule has 15 heavy (non-hydrogen) atoms. The normalized spacial score (nSPS) is 29.3. The van der Waals surface area contributed by atoms with Crippen LogP contribution >= 0.6 is 0 Å². The van der Waals surface area contributed by atoms with Gasteiger partial charge in [-0.05, 0) is 19.8 Å². The first-order valence-corrected chi connectivity index (χ1v) is 6.67. The Bertz CT molecular complexity index is 299. The number of ether oxygens (including phenoxy) is 1. The highest BCUT2D eigenvalue weighted by Gasteiger charge is 2.34. The second kappa shape index (κ2) is 4.78. The lowest BCUT2D eigenvalue weighted by Crippen LogP contribution is -2.49. The summed E-state index contributed by atoms with van der Waals surface area (Å²) in [5, 5.41) is 9.80. The van der Waals surface area contributed by atoms with Gasteiger partial charge in [0, 0.05) is 20.2 Å². The highest BCUT2D eigenvalue weighted by Crippen LogP contribution is 2.22. The van der Waals surface area contributed by atoms with E-state index >= 15 is 0 Å². The topological polar surface area (TPSA) is 66.8 Å². The Labute approximate surface area is 91.1 Å². The fourth-order valence-electron chi connectivity index (χ4n) is 1.73. The summed E-state index contributed by atoms with van der Waals surface area (Å²) in [6, 6.07) is 0.